The molecule has 0 spiro atoms. The number of hydrogen-bond acceptors (Lipinski definition) is 4. The van der Waals surface area contributed by atoms with Gasteiger partial charge in [0.15, 0.2) is 0 Å². The van der Waals surface area contributed by atoms with E-state index in [1.54, 1.807) is 14.0 Å². The summed E-state index contributed by atoms with van der Waals surface area (Å²) in [6.07, 6.45) is 1.51. The Balaban J connectivity index is 4.13. The Hall–Kier alpha value is -1.57. The number of carbonyl (C=O) groups excluding carboxylic acids is 2. The highest BCUT2D eigenvalue weighted by atomic mass is 16.5. The van der Waals surface area contributed by atoms with Gasteiger partial charge in [0, 0.05) is 13.6 Å². The molecule has 0 aliphatic carbocycles. The van der Waals surface area contributed by atoms with Crippen molar-refractivity contribution in [2.24, 2.45) is 5.92 Å². The second-order valence-electron chi connectivity index (χ2n) is 3.79. The summed E-state index contributed by atoms with van der Waals surface area (Å²) in [4.78, 5) is 24.3. The van der Waals surface area contributed by atoms with Crippen LogP contribution in [0.25, 0.3) is 0 Å². The summed E-state index contributed by atoms with van der Waals surface area (Å²) in [5.74, 6) is -1.15. The monoisotopic (exact) mass is 240 g/mol. The van der Waals surface area contributed by atoms with Crippen molar-refractivity contribution in [3.05, 3.63) is 0 Å². The summed E-state index contributed by atoms with van der Waals surface area (Å²) >= 11 is 0. The lowest BCUT2D eigenvalue weighted by atomic mass is 10.0. The van der Waals surface area contributed by atoms with Crippen molar-refractivity contribution >= 4 is 11.9 Å². The van der Waals surface area contributed by atoms with Crippen LogP contribution in [-0.4, -0.2) is 37.0 Å². The number of hydrogen-bond donors (Lipinski definition) is 0. The van der Waals surface area contributed by atoms with Crippen molar-refractivity contribution in [1.29, 1.82) is 5.26 Å². The van der Waals surface area contributed by atoms with Crippen molar-refractivity contribution in [3.8, 4) is 6.07 Å². The van der Waals surface area contributed by atoms with E-state index < -0.39 is 5.92 Å². The van der Waals surface area contributed by atoms with E-state index >= 15 is 0 Å². The molecule has 0 aromatic heterocycles. The largest absolute Gasteiger partial charge is 0.466 e. The summed E-state index contributed by atoms with van der Waals surface area (Å²) < 4.78 is 4.76. The lowest BCUT2D eigenvalue weighted by Crippen LogP contribution is -2.34. The van der Waals surface area contributed by atoms with Gasteiger partial charge in [-0.15, -0.1) is 0 Å². The smallest absolute Gasteiger partial charge is 0.307 e. The highest BCUT2D eigenvalue weighted by molar-refractivity contribution is 5.81. The van der Waals surface area contributed by atoms with Crippen LogP contribution in [0.3, 0.4) is 0 Å². The van der Waals surface area contributed by atoms with Crippen LogP contribution in [0.5, 0.6) is 0 Å². The van der Waals surface area contributed by atoms with Crippen molar-refractivity contribution < 1.29 is 14.3 Å². The third kappa shape index (κ3) is 5.91. The summed E-state index contributed by atoms with van der Waals surface area (Å²) in [5.41, 5.74) is 0. The minimum absolute atomic E-state index is 0.167. The van der Waals surface area contributed by atoms with Gasteiger partial charge in [0.2, 0.25) is 5.91 Å². The van der Waals surface area contributed by atoms with Crippen LogP contribution in [0.1, 0.15) is 33.1 Å². The van der Waals surface area contributed by atoms with Gasteiger partial charge < -0.3 is 9.64 Å². The summed E-state index contributed by atoms with van der Waals surface area (Å²) in [6, 6.07) is 1.99. The number of carbonyl (C=O) groups is 2. The Bertz CT molecular complexity index is 297. The number of ether oxygens (including phenoxy) is 1. The number of amides is 1. The van der Waals surface area contributed by atoms with E-state index in [0.29, 0.717) is 19.6 Å². The maximum Gasteiger partial charge on any atom is 0.307 e. The predicted octanol–water partition coefficient (Wildman–Crippen LogP) is 1.34. The molecule has 0 aliphatic rings. The van der Waals surface area contributed by atoms with E-state index in [1.807, 2.05) is 13.0 Å². The lowest BCUT2D eigenvalue weighted by Gasteiger charge is -2.19. The number of rotatable bonds is 7. The molecule has 0 bridgehead atoms. The highest BCUT2D eigenvalue weighted by Crippen LogP contribution is 2.08. The molecule has 17 heavy (non-hydrogen) atoms. The van der Waals surface area contributed by atoms with E-state index in [4.69, 9.17) is 10.00 Å². The summed E-state index contributed by atoms with van der Waals surface area (Å²) in [7, 11) is 1.60. The Kier molecular flexibility index (Phi) is 7.78. The molecule has 0 N–H and O–H groups in total. The molecule has 0 aromatic rings. The third-order valence-corrected chi connectivity index (χ3v) is 2.36. The van der Waals surface area contributed by atoms with Crippen molar-refractivity contribution in [2.75, 3.05) is 20.2 Å². The van der Waals surface area contributed by atoms with Crippen LogP contribution < -0.4 is 0 Å². The van der Waals surface area contributed by atoms with Gasteiger partial charge in [0.25, 0.3) is 0 Å². The zero-order valence-electron chi connectivity index (χ0n) is 10.7. The van der Waals surface area contributed by atoms with Gasteiger partial charge in [-0.05, 0) is 13.3 Å². The van der Waals surface area contributed by atoms with Gasteiger partial charge in [-0.25, -0.2) is 0 Å². The Morgan fingerprint density at radius 2 is 2.06 bits per heavy atom. The number of nitriles is 1. The first-order valence-corrected chi connectivity index (χ1v) is 5.87. The van der Waals surface area contributed by atoms with Crippen LogP contribution >= 0.6 is 0 Å². The van der Waals surface area contributed by atoms with Gasteiger partial charge in [0.05, 0.1) is 19.1 Å². The Morgan fingerprint density at radius 3 is 2.53 bits per heavy atom. The molecule has 0 rings (SSSR count). The molecule has 0 fully saturated rings. The lowest BCUT2D eigenvalue weighted by molar-refractivity contribution is -0.144. The topological polar surface area (TPSA) is 70.4 Å². The van der Waals surface area contributed by atoms with E-state index in [0.717, 1.165) is 6.42 Å². The standard InChI is InChI=1S/C12H20N2O3/c1-4-6-10(9-13)12(16)14(3)8-7-11(15)17-5-2/h10H,4-8H2,1-3H3. The summed E-state index contributed by atoms with van der Waals surface area (Å²) in [5, 5.41) is 8.85. The number of esters is 1. The number of nitrogens with zero attached hydrogens (tertiary/aromatic N) is 2. The van der Waals surface area contributed by atoms with Crippen LogP contribution in [-0.2, 0) is 14.3 Å². The van der Waals surface area contributed by atoms with Crippen molar-refractivity contribution in [3.63, 3.8) is 0 Å². The van der Waals surface area contributed by atoms with E-state index in [-0.39, 0.29) is 18.3 Å². The average molecular weight is 240 g/mol. The predicted molar refractivity (Wildman–Crippen MR) is 62.9 cm³/mol. The average Bonchev–Trinajstić information content (AvgIpc) is 2.32. The molecule has 5 nitrogen and oxygen atoms in total. The zero-order chi connectivity index (χ0) is 13.3. The van der Waals surface area contributed by atoms with Gasteiger partial charge in [0.1, 0.15) is 5.92 Å². The van der Waals surface area contributed by atoms with Gasteiger partial charge in [-0.3, -0.25) is 9.59 Å². The van der Waals surface area contributed by atoms with E-state index in [9.17, 15) is 9.59 Å². The fraction of sp³-hybridized carbons (Fsp3) is 0.750. The Morgan fingerprint density at radius 1 is 1.41 bits per heavy atom. The minimum Gasteiger partial charge on any atom is -0.466 e. The molecule has 0 saturated carbocycles. The molecular weight excluding hydrogens is 220 g/mol. The van der Waals surface area contributed by atoms with Crippen LogP contribution in [0.2, 0.25) is 0 Å². The van der Waals surface area contributed by atoms with Crippen molar-refractivity contribution in [2.45, 2.75) is 33.1 Å². The van der Waals surface area contributed by atoms with Gasteiger partial charge in [-0.2, -0.15) is 5.26 Å². The maximum atomic E-state index is 11.8. The molecule has 0 aromatic carbocycles. The van der Waals surface area contributed by atoms with Crippen molar-refractivity contribution in [1.82, 2.24) is 4.90 Å². The maximum absolute atomic E-state index is 11.8. The fourth-order valence-electron chi connectivity index (χ4n) is 1.40. The quantitative estimate of drug-likeness (QED) is 0.629. The molecule has 1 amide bonds. The van der Waals surface area contributed by atoms with E-state index in [2.05, 4.69) is 0 Å². The van der Waals surface area contributed by atoms with Crippen LogP contribution in [0.4, 0.5) is 0 Å². The second kappa shape index (κ2) is 8.57. The normalized spacial score (nSPS) is 11.4. The first-order chi connectivity index (χ1) is 8.06. The highest BCUT2D eigenvalue weighted by Gasteiger charge is 2.21. The first-order valence-electron chi connectivity index (χ1n) is 5.87. The summed E-state index contributed by atoms with van der Waals surface area (Å²) in [6.45, 7) is 4.29. The molecule has 1 atom stereocenters. The second-order valence-corrected chi connectivity index (χ2v) is 3.79. The van der Waals surface area contributed by atoms with E-state index in [1.165, 1.54) is 4.90 Å². The molecular formula is C12H20N2O3. The SMILES string of the molecule is CCCC(C#N)C(=O)N(C)CCC(=O)OCC. The fourth-order valence-corrected chi connectivity index (χ4v) is 1.40. The zero-order valence-corrected chi connectivity index (χ0v) is 10.7. The molecule has 0 saturated heterocycles. The molecule has 0 heterocycles. The Labute approximate surface area is 102 Å². The molecule has 0 radical (unpaired) electrons. The van der Waals surface area contributed by atoms with Crippen LogP contribution in [0, 0.1) is 17.2 Å². The molecule has 5 heteroatoms. The van der Waals surface area contributed by atoms with Gasteiger partial charge >= 0.3 is 5.97 Å². The first kappa shape index (κ1) is 15.4. The molecule has 0 aliphatic heterocycles. The third-order valence-electron chi connectivity index (χ3n) is 2.36. The minimum atomic E-state index is -0.604. The molecule has 1 unspecified atom stereocenters. The van der Waals surface area contributed by atoms with Gasteiger partial charge in [-0.1, -0.05) is 13.3 Å². The van der Waals surface area contributed by atoms with Crippen LogP contribution in [0.15, 0.2) is 0 Å². The molecule has 96 valence electrons.